The van der Waals surface area contributed by atoms with Crippen molar-refractivity contribution in [3.05, 3.63) is 70.2 Å². The number of carbonyl (C=O) groups excluding carboxylic acids is 1. The van der Waals surface area contributed by atoms with Crippen molar-refractivity contribution < 1.29 is 14.6 Å². The first-order valence-electron chi connectivity index (χ1n) is 7.78. The zero-order chi connectivity index (χ0) is 19.1. The van der Waals surface area contributed by atoms with Crippen molar-refractivity contribution in [1.29, 1.82) is 0 Å². The van der Waals surface area contributed by atoms with Crippen LogP contribution in [0.1, 0.15) is 18.1 Å². The van der Waals surface area contributed by atoms with Gasteiger partial charge in [0, 0.05) is 10.6 Å². The number of para-hydroxylation sites is 1. The molecule has 0 saturated carbocycles. The lowest BCUT2D eigenvalue weighted by Crippen LogP contribution is -2.33. The summed E-state index contributed by atoms with van der Waals surface area (Å²) in [4.78, 5) is 12.1. The minimum atomic E-state index is -0.827. The van der Waals surface area contributed by atoms with E-state index in [1.54, 1.807) is 43.3 Å². The van der Waals surface area contributed by atoms with Gasteiger partial charge in [-0.2, -0.15) is 5.10 Å². The Bertz CT molecular complexity index is 838. The van der Waals surface area contributed by atoms with Crippen LogP contribution in [0.2, 0.25) is 10.0 Å². The highest BCUT2D eigenvalue weighted by Crippen LogP contribution is 2.28. The van der Waals surface area contributed by atoms with E-state index in [2.05, 4.69) is 17.1 Å². The molecule has 0 fully saturated rings. The Balaban J connectivity index is 1.98. The van der Waals surface area contributed by atoms with E-state index in [1.165, 1.54) is 12.3 Å². The summed E-state index contributed by atoms with van der Waals surface area (Å²) in [5.74, 6) is -0.0193. The molecule has 0 aliphatic carbocycles. The molecule has 2 rings (SSSR count). The zero-order valence-electron chi connectivity index (χ0n) is 14.1. The predicted octanol–water partition coefficient (Wildman–Crippen LogP) is 4.35. The molecular formula is C19H18Cl2N2O3. The quantitative estimate of drug-likeness (QED) is 0.418. The molecule has 0 aromatic heterocycles. The number of allylic oxidation sites excluding steroid dienone is 1. The maximum Gasteiger partial charge on any atom is 0.280 e. The number of hydrogen-bond acceptors (Lipinski definition) is 4. The summed E-state index contributed by atoms with van der Waals surface area (Å²) < 4.78 is 5.50. The van der Waals surface area contributed by atoms with Gasteiger partial charge >= 0.3 is 0 Å². The van der Waals surface area contributed by atoms with Gasteiger partial charge in [0.15, 0.2) is 6.10 Å². The first-order chi connectivity index (χ1) is 12.4. The summed E-state index contributed by atoms with van der Waals surface area (Å²) >= 11 is 11.8. The monoisotopic (exact) mass is 392 g/mol. The third-order valence-electron chi connectivity index (χ3n) is 3.46. The summed E-state index contributed by atoms with van der Waals surface area (Å²) in [5.41, 5.74) is 3.58. The maximum atomic E-state index is 12.1. The van der Waals surface area contributed by atoms with Crippen LogP contribution in [0.15, 0.2) is 54.2 Å². The molecule has 26 heavy (non-hydrogen) atoms. The number of nitrogens with one attached hydrogen (secondary N) is 1. The Morgan fingerprint density at radius 1 is 1.38 bits per heavy atom. The molecule has 2 aromatic carbocycles. The second-order valence-electron chi connectivity index (χ2n) is 5.42. The SMILES string of the molecule is C=CCc1cccc(/C=N\NC(=O)[C@@H](C)Oc2ccc(Cl)cc2Cl)c1O. The van der Waals surface area contributed by atoms with E-state index in [0.29, 0.717) is 27.8 Å². The van der Waals surface area contributed by atoms with Crippen molar-refractivity contribution in [3.63, 3.8) is 0 Å². The number of nitrogens with zero attached hydrogens (tertiary/aromatic N) is 1. The van der Waals surface area contributed by atoms with Crippen LogP contribution in [0, 0.1) is 0 Å². The van der Waals surface area contributed by atoms with E-state index in [0.717, 1.165) is 5.56 Å². The van der Waals surface area contributed by atoms with Gasteiger partial charge in [0.05, 0.1) is 11.2 Å². The van der Waals surface area contributed by atoms with Gasteiger partial charge in [-0.15, -0.1) is 6.58 Å². The number of halogens is 2. The molecule has 1 amide bonds. The zero-order valence-corrected chi connectivity index (χ0v) is 15.6. The molecule has 1 atom stereocenters. The Morgan fingerprint density at radius 3 is 2.85 bits per heavy atom. The topological polar surface area (TPSA) is 70.9 Å². The first-order valence-corrected chi connectivity index (χ1v) is 8.54. The normalized spacial score (nSPS) is 12.0. The number of benzene rings is 2. The third-order valence-corrected chi connectivity index (χ3v) is 3.99. The van der Waals surface area contributed by atoms with Gasteiger partial charge in [0.25, 0.3) is 5.91 Å². The number of ether oxygens (including phenoxy) is 1. The minimum absolute atomic E-state index is 0.0997. The molecule has 2 N–H and O–H groups in total. The largest absolute Gasteiger partial charge is 0.507 e. The van der Waals surface area contributed by atoms with Gasteiger partial charge < -0.3 is 9.84 Å². The van der Waals surface area contributed by atoms with Crippen LogP contribution in [-0.2, 0) is 11.2 Å². The fraction of sp³-hybridized carbons (Fsp3) is 0.158. The Hall–Kier alpha value is -2.50. The van der Waals surface area contributed by atoms with Crippen molar-refractivity contribution in [2.75, 3.05) is 0 Å². The minimum Gasteiger partial charge on any atom is -0.507 e. The fourth-order valence-corrected chi connectivity index (χ4v) is 2.56. The van der Waals surface area contributed by atoms with Crippen molar-refractivity contribution in [3.8, 4) is 11.5 Å². The van der Waals surface area contributed by atoms with E-state index in [1.807, 2.05) is 0 Å². The van der Waals surface area contributed by atoms with Crippen molar-refractivity contribution in [1.82, 2.24) is 5.43 Å². The number of phenolic OH excluding ortho intramolecular Hbond substituents is 1. The van der Waals surface area contributed by atoms with Gasteiger partial charge in [-0.3, -0.25) is 4.79 Å². The van der Waals surface area contributed by atoms with Crippen molar-refractivity contribution in [2.24, 2.45) is 5.10 Å². The number of hydrogen-bond donors (Lipinski definition) is 2. The predicted molar refractivity (Wildman–Crippen MR) is 104 cm³/mol. The summed E-state index contributed by atoms with van der Waals surface area (Å²) in [7, 11) is 0. The van der Waals surface area contributed by atoms with Crippen LogP contribution in [0.4, 0.5) is 0 Å². The standard InChI is InChI=1S/C19H18Cl2N2O3/c1-3-5-13-6-4-7-14(18(13)24)11-22-23-19(25)12(2)26-17-9-8-15(20)10-16(17)21/h3-4,6-12,24H,1,5H2,2H3,(H,23,25)/b22-11-/t12-/m1/s1. The Morgan fingerprint density at radius 2 is 2.15 bits per heavy atom. The van der Waals surface area contributed by atoms with Gasteiger partial charge in [-0.25, -0.2) is 5.43 Å². The molecule has 0 bridgehead atoms. The third kappa shape index (κ3) is 5.25. The molecule has 2 aromatic rings. The van der Waals surface area contributed by atoms with Crippen LogP contribution in [0.3, 0.4) is 0 Å². The highest BCUT2D eigenvalue weighted by atomic mass is 35.5. The van der Waals surface area contributed by atoms with E-state index in [-0.39, 0.29) is 5.75 Å². The highest BCUT2D eigenvalue weighted by molar-refractivity contribution is 6.35. The fourth-order valence-electron chi connectivity index (χ4n) is 2.11. The summed E-state index contributed by atoms with van der Waals surface area (Å²) in [6, 6.07) is 9.99. The molecule has 0 radical (unpaired) electrons. The Kier molecular flexibility index (Phi) is 7.06. The molecule has 136 valence electrons. The smallest absolute Gasteiger partial charge is 0.280 e. The molecule has 0 unspecified atom stereocenters. The molecule has 0 saturated heterocycles. The summed E-state index contributed by atoms with van der Waals surface area (Å²) in [5, 5.41) is 14.8. The second-order valence-corrected chi connectivity index (χ2v) is 6.26. The van der Waals surface area contributed by atoms with E-state index in [9.17, 15) is 9.90 Å². The Labute approximate surface area is 161 Å². The van der Waals surface area contributed by atoms with Gasteiger partial charge in [0.1, 0.15) is 11.5 Å². The number of amides is 1. The lowest BCUT2D eigenvalue weighted by Gasteiger charge is -2.14. The molecule has 5 nitrogen and oxygen atoms in total. The lowest BCUT2D eigenvalue weighted by atomic mass is 10.1. The summed E-state index contributed by atoms with van der Waals surface area (Å²) in [6.45, 7) is 5.21. The molecule has 0 heterocycles. The number of carbonyl (C=O) groups is 1. The van der Waals surface area contributed by atoms with Crippen LogP contribution >= 0.6 is 23.2 Å². The van der Waals surface area contributed by atoms with Crippen LogP contribution in [-0.4, -0.2) is 23.3 Å². The van der Waals surface area contributed by atoms with E-state index < -0.39 is 12.0 Å². The summed E-state index contributed by atoms with van der Waals surface area (Å²) in [6.07, 6.45) is 2.76. The average molecular weight is 393 g/mol. The highest BCUT2D eigenvalue weighted by Gasteiger charge is 2.15. The van der Waals surface area contributed by atoms with Crippen molar-refractivity contribution in [2.45, 2.75) is 19.4 Å². The number of rotatable bonds is 7. The number of hydrazone groups is 1. The average Bonchev–Trinajstić information content (AvgIpc) is 2.60. The van der Waals surface area contributed by atoms with Crippen LogP contribution in [0.5, 0.6) is 11.5 Å². The first kappa shape index (κ1) is 19.8. The van der Waals surface area contributed by atoms with Crippen molar-refractivity contribution >= 4 is 35.3 Å². The van der Waals surface area contributed by atoms with Gasteiger partial charge in [-0.1, -0.05) is 41.4 Å². The second kappa shape index (κ2) is 9.27. The number of aromatic hydroxyl groups is 1. The number of phenols is 1. The van der Waals surface area contributed by atoms with Gasteiger partial charge in [-0.05, 0) is 43.2 Å². The van der Waals surface area contributed by atoms with Crippen LogP contribution < -0.4 is 10.2 Å². The molecule has 0 aliphatic heterocycles. The van der Waals surface area contributed by atoms with Crippen LogP contribution in [0.25, 0.3) is 0 Å². The molecular weight excluding hydrogens is 375 g/mol. The van der Waals surface area contributed by atoms with E-state index in [4.69, 9.17) is 27.9 Å². The maximum absolute atomic E-state index is 12.1. The molecule has 0 spiro atoms. The molecule has 0 aliphatic rings. The lowest BCUT2D eigenvalue weighted by molar-refractivity contribution is -0.127. The van der Waals surface area contributed by atoms with Gasteiger partial charge in [0.2, 0.25) is 0 Å². The molecule has 7 heteroatoms. The van der Waals surface area contributed by atoms with E-state index >= 15 is 0 Å².